The molecule has 0 bridgehead atoms. The zero-order valence-electron chi connectivity index (χ0n) is 16.1. The Balaban J connectivity index is 2.15. The molecule has 0 atom stereocenters. The maximum Gasteiger partial charge on any atom is 0.349 e. The molecule has 0 aliphatic carbocycles. The summed E-state index contributed by atoms with van der Waals surface area (Å²) >= 11 is 0. The van der Waals surface area contributed by atoms with Crippen LogP contribution in [0.4, 0.5) is 0 Å². The number of nitrogens with zero attached hydrogens (tertiary/aromatic N) is 2. The Bertz CT molecular complexity index is 782. The Kier molecular flexibility index (Phi) is 7.16. The van der Waals surface area contributed by atoms with E-state index >= 15 is 0 Å². The van der Waals surface area contributed by atoms with E-state index in [0.29, 0.717) is 30.8 Å². The van der Waals surface area contributed by atoms with Crippen molar-refractivity contribution in [3.8, 4) is 0 Å². The second-order valence-corrected chi connectivity index (χ2v) is 6.73. The number of carbonyl (C=O) groups is 1. The summed E-state index contributed by atoms with van der Waals surface area (Å²) in [5.74, 6) is 0.361. The summed E-state index contributed by atoms with van der Waals surface area (Å²) < 4.78 is 5.44. The fraction of sp³-hybridized carbons (Fsp3) is 0.429. The molecule has 0 radical (unpaired) electrons. The summed E-state index contributed by atoms with van der Waals surface area (Å²) in [6.45, 7) is 5.60. The van der Waals surface area contributed by atoms with Crippen LogP contribution in [-0.2, 0) is 12.8 Å². The largest absolute Gasteiger partial charge is 0.427 e. The lowest BCUT2D eigenvalue weighted by molar-refractivity contribution is 0.0748. The summed E-state index contributed by atoms with van der Waals surface area (Å²) in [7, 11) is 3.92. The van der Waals surface area contributed by atoms with Gasteiger partial charge in [0.2, 0.25) is 0 Å². The molecule has 26 heavy (non-hydrogen) atoms. The highest BCUT2D eigenvalue weighted by Crippen LogP contribution is 2.12. The molecule has 1 heterocycles. The minimum Gasteiger partial charge on any atom is -0.427 e. The number of aryl methyl sites for hydroxylation is 3. The summed E-state index contributed by atoms with van der Waals surface area (Å²) in [4.78, 5) is 28.9. The molecule has 0 saturated heterocycles. The van der Waals surface area contributed by atoms with Crippen LogP contribution in [0.1, 0.15) is 34.2 Å². The van der Waals surface area contributed by atoms with Crippen LogP contribution in [0.25, 0.3) is 0 Å². The third kappa shape index (κ3) is 5.30. The van der Waals surface area contributed by atoms with Gasteiger partial charge in [0.25, 0.3) is 5.91 Å². The number of benzene rings is 1. The minimum atomic E-state index is -0.540. The van der Waals surface area contributed by atoms with E-state index in [4.69, 9.17) is 4.42 Å². The van der Waals surface area contributed by atoms with Crippen molar-refractivity contribution < 1.29 is 9.21 Å². The Morgan fingerprint density at radius 2 is 1.77 bits per heavy atom. The van der Waals surface area contributed by atoms with Crippen molar-refractivity contribution in [2.45, 2.75) is 26.7 Å². The molecule has 1 aromatic heterocycles. The van der Waals surface area contributed by atoms with Crippen LogP contribution in [0.15, 0.2) is 45.6 Å². The first kappa shape index (κ1) is 19.9. The monoisotopic (exact) mass is 356 g/mol. The molecule has 0 fully saturated rings. The lowest BCUT2D eigenvalue weighted by atomic mass is 10.1. The Hall–Kier alpha value is -2.40. The maximum absolute atomic E-state index is 12.8. The number of hydrogen-bond donors (Lipinski definition) is 0. The van der Waals surface area contributed by atoms with Gasteiger partial charge in [-0.05, 0) is 51.6 Å². The zero-order chi connectivity index (χ0) is 19.1. The van der Waals surface area contributed by atoms with Crippen LogP contribution >= 0.6 is 0 Å². The van der Waals surface area contributed by atoms with E-state index in [9.17, 15) is 9.59 Å². The Morgan fingerprint density at radius 3 is 2.35 bits per heavy atom. The van der Waals surface area contributed by atoms with E-state index in [1.165, 1.54) is 5.56 Å². The fourth-order valence-electron chi connectivity index (χ4n) is 2.85. The van der Waals surface area contributed by atoms with Crippen molar-refractivity contribution >= 4 is 5.91 Å². The number of amides is 1. The number of hydrogen-bond acceptors (Lipinski definition) is 4. The third-order valence-corrected chi connectivity index (χ3v) is 4.40. The maximum atomic E-state index is 12.8. The highest BCUT2D eigenvalue weighted by Gasteiger charge is 2.21. The SMILES string of the molecule is CCN(CCN(C)C)C(=O)c1c(C)cc(CCc2ccccc2)oc1=O. The lowest BCUT2D eigenvalue weighted by Crippen LogP contribution is -2.39. The Morgan fingerprint density at radius 1 is 1.08 bits per heavy atom. The average Bonchev–Trinajstić information content (AvgIpc) is 2.60. The number of likely N-dealkylation sites (N-methyl/N-ethyl adjacent to an activating group) is 2. The molecule has 1 aromatic carbocycles. The summed E-state index contributed by atoms with van der Waals surface area (Å²) in [5, 5.41) is 0. The predicted octanol–water partition coefficient (Wildman–Crippen LogP) is 2.76. The predicted molar refractivity (Wildman–Crippen MR) is 104 cm³/mol. The van der Waals surface area contributed by atoms with Gasteiger partial charge in [0, 0.05) is 26.1 Å². The first-order valence-electron chi connectivity index (χ1n) is 9.04. The molecule has 0 aliphatic heterocycles. The first-order valence-corrected chi connectivity index (χ1v) is 9.04. The highest BCUT2D eigenvalue weighted by molar-refractivity contribution is 5.95. The molecular formula is C21H28N2O3. The molecule has 1 amide bonds. The first-order chi connectivity index (χ1) is 12.4. The number of rotatable bonds is 8. The van der Waals surface area contributed by atoms with Gasteiger partial charge < -0.3 is 14.2 Å². The number of carbonyl (C=O) groups excluding carboxylic acids is 1. The topological polar surface area (TPSA) is 53.8 Å². The molecule has 5 nitrogen and oxygen atoms in total. The highest BCUT2D eigenvalue weighted by atomic mass is 16.4. The van der Waals surface area contributed by atoms with E-state index in [0.717, 1.165) is 13.0 Å². The van der Waals surface area contributed by atoms with Crippen LogP contribution < -0.4 is 5.63 Å². The molecule has 0 N–H and O–H groups in total. The quantitative estimate of drug-likeness (QED) is 0.730. The van der Waals surface area contributed by atoms with Crippen LogP contribution in [0, 0.1) is 6.92 Å². The molecule has 0 saturated carbocycles. The van der Waals surface area contributed by atoms with Crippen molar-refractivity contribution in [2.75, 3.05) is 33.7 Å². The van der Waals surface area contributed by atoms with Gasteiger partial charge in [-0.25, -0.2) is 4.79 Å². The van der Waals surface area contributed by atoms with Gasteiger partial charge in [0.15, 0.2) is 0 Å². The van der Waals surface area contributed by atoms with Crippen LogP contribution in [-0.4, -0.2) is 49.4 Å². The van der Waals surface area contributed by atoms with E-state index in [2.05, 4.69) is 0 Å². The van der Waals surface area contributed by atoms with Gasteiger partial charge in [-0.2, -0.15) is 0 Å². The second kappa shape index (κ2) is 9.34. The smallest absolute Gasteiger partial charge is 0.349 e. The van der Waals surface area contributed by atoms with Crippen molar-refractivity contribution in [1.29, 1.82) is 0 Å². The summed E-state index contributed by atoms with van der Waals surface area (Å²) in [6.07, 6.45) is 1.42. The Labute approximate surface area is 155 Å². The van der Waals surface area contributed by atoms with Gasteiger partial charge >= 0.3 is 5.63 Å². The molecule has 140 valence electrons. The van der Waals surface area contributed by atoms with E-state index < -0.39 is 5.63 Å². The van der Waals surface area contributed by atoms with E-state index in [1.54, 1.807) is 11.8 Å². The van der Waals surface area contributed by atoms with Crippen molar-refractivity contribution in [3.63, 3.8) is 0 Å². The fourth-order valence-corrected chi connectivity index (χ4v) is 2.85. The van der Waals surface area contributed by atoms with Gasteiger partial charge in [-0.3, -0.25) is 4.79 Å². The second-order valence-electron chi connectivity index (χ2n) is 6.73. The van der Waals surface area contributed by atoms with Crippen molar-refractivity contribution in [1.82, 2.24) is 9.80 Å². The minimum absolute atomic E-state index is 0.147. The van der Waals surface area contributed by atoms with Gasteiger partial charge in [0.1, 0.15) is 11.3 Å². The van der Waals surface area contributed by atoms with Crippen LogP contribution in [0.2, 0.25) is 0 Å². The standard InChI is InChI=1S/C21H28N2O3/c1-5-23(14-13-22(3)4)20(24)19-16(2)15-18(26-21(19)25)12-11-17-9-7-6-8-10-17/h6-10,15H,5,11-14H2,1-4H3. The van der Waals surface area contributed by atoms with Gasteiger partial charge in [-0.15, -0.1) is 0 Å². The normalized spacial score (nSPS) is 11.0. The molecular weight excluding hydrogens is 328 g/mol. The molecule has 0 aliphatic rings. The molecule has 2 aromatic rings. The van der Waals surface area contributed by atoms with Crippen molar-refractivity contribution in [3.05, 3.63) is 69.3 Å². The zero-order valence-corrected chi connectivity index (χ0v) is 16.1. The van der Waals surface area contributed by atoms with E-state index in [-0.39, 0.29) is 11.5 Å². The van der Waals surface area contributed by atoms with E-state index in [1.807, 2.05) is 62.3 Å². The molecule has 2 rings (SSSR count). The average molecular weight is 356 g/mol. The van der Waals surface area contributed by atoms with Gasteiger partial charge in [0.05, 0.1) is 0 Å². The van der Waals surface area contributed by atoms with Crippen LogP contribution in [0.5, 0.6) is 0 Å². The summed E-state index contributed by atoms with van der Waals surface area (Å²) in [6, 6.07) is 11.9. The lowest BCUT2D eigenvalue weighted by Gasteiger charge is -2.23. The molecule has 5 heteroatoms. The summed E-state index contributed by atoms with van der Waals surface area (Å²) in [5.41, 5.74) is 1.47. The third-order valence-electron chi connectivity index (χ3n) is 4.40. The molecule has 0 unspecified atom stereocenters. The van der Waals surface area contributed by atoms with Crippen LogP contribution in [0.3, 0.4) is 0 Å². The van der Waals surface area contributed by atoms with Gasteiger partial charge in [-0.1, -0.05) is 30.3 Å². The molecule has 0 spiro atoms. The van der Waals surface area contributed by atoms with Crippen molar-refractivity contribution in [2.24, 2.45) is 0 Å².